The highest BCUT2D eigenvalue weighted by molar-refractivity contribution is 8.87. The molecule has 0 heterocycles. The summed E-state index contributed by atoms with van der Waals surface area (Å²) in [6, 6.07) is 13.1. The van der Waals surface area contributed by atoms with Gasteiger partial charge in [0, 0.05) is 21.2 Å². The SMILES string of the molecule is CCCCCCCCCCCCSCCCCCCCCCCCC.O=C(SSC(=O)c1ccc(Cl)cc1)c1ccc(Cl)cc1. The maximum absolute atomic E-state index is 11.9. The second-order valence-electron chi connectivity index (χ2n) is 11.7. The van der Waals surface area contributed by atoms with Crippen molar-refractivity contribution < 1.29 is 9.59 Å². The number of rotatable bonds is 24. The third kappa shape index (κ3) is 25.1. The van der Waals surface area contributed by atoms with Crippen LogP contribution >= 0.6 is 56.6 Å². The van der Waals surface area contributed by atoms with Crippen molar-refractivity contribution >= 4 is 66.8 Å². The Morgan fingerprint density at radius 2 is 0.711 bits per heavy atom. The van der Waals surface area contributed by atoms with E-state index in [9.17, 15) is 9.59 Å². The lowest BCUT2D eigenvalue weighted by atomic mass is 10.1. The Balaban J connectivity index is 0.000000459. The van der Waals surface area contributed by atoms with E-state index < -0.39 is 0 Å². The van der Waals surface area contributed by atoms with Gasteiger partial charge in [0.2, 0.25) is 10.2 Å². The van der Waals surface area contributed by atoms with Crippen molar-refractivity contribution in [2.45, 2.75) is 142 Å². The van der Waals surface area contributed by atoms with Crippen LogP contribution in [0.1, 0.15) is 163 Å². The van der Waals surface area contributed by atoms with E-state index in [1.807, 2.05) is 0 Å². The van der Waals surface area contributed by atoms with Gasteiger partial charge in [-0.3, -0.25) is 9.59 Å². The normalized spacial score (nSPS) is 10.8. The minimum absolute atomic E-state index is 0.186. The Bertz CT molecular complexity index is 904. The summed E-state index contributed by atoms with van der Waals surface area (Å²) < 4.78 is 0. The topological polar surface area (TPSA) is 34.1 Å². The summed E-state index contributed by atoms with van der Waals surface area (Å²) in [5, 5.41) is 0.760. The minimum atomic E-state index is -0.186. The van der Waals surface area contributed by atoms with Crippen molar-refractivity contribution in [1.82, 2.24) is 0 Å². The fraction of sp³-hybridized carbons (Fsp3) is 0.632. The highest BCUT2D eigenvalue weighted by atomic mass is 35.5. The van der Waals surface area contributed by atoms with E-state index in [0.29, 0.717) is 21.2 Å². The highest BCUT2D eigenvalue weighted by Gasteiger charge is 2.13. The molecular weight excluding hydrogens is 656 g/mol. The van der Waals surface area contributed by atoms with Crippen LogP contribution in [0.4, 0.5) is 0 Å². The fourth-order valence-electron chi connectivity index (χ4n) is 4.83. The third-order valence-corrected chi connectivity index (χ3v) is 11.3. The van der Waals surface area contributed by atoms with Crippen molar-refractivity contribution in [3.63, 3.8) is 0 Å². The predicted octanol–water partition coefficient (Wildman–Crippen LogP) is 14.9. The number of hydrogen-bond donors (Lipinski definition) is 0. The van der Waals surface area contributed by atoms with Crippen LogP contribution in [0.5, 0.6) is 0 Å². The molecule has 0 unspecified atom stereocenters. The number of thioether (sulfide) groups is 1. The first-order chi connectivity index (χ1) is 22.0. The Morgan fingerprint density at radius 3 is 1.00 bits per heavy atom. The standard InChI is InChI=1S/C24H50S.C14H8Cl2O2S2/c1-3-5-7-9-11-13-15-17-19-21-23-25-24-22-20-18-16-14-12-10-8-6-4-2;15-11-5-1-9(2-6-11)13(17)19-20-14(18)10-3-7-12(16)8-4-10/h3-24H2,1-2H3;1-8H. The van der Waals surface area contributed by atoms with Crippen molar-refractivity contribution in [2.75, 3.05) is 11.5 Å². The van der Waals surface area contributed by atoms with Crippen LogP contribution in [0.3, 0.4) is 0 Å². The van der Waals surface area contributed by atoms with Crippen molar-refractivity contribution in [3.05, 3.63) is 69.7 Å². The van der Waals surface area contributed by atoms with Crippen LogP contribution in [0.2, 0.25) is 10.0 Å². The van der Waals surface area contributed by atoms with Gasteiger partial charge in [-0.2, -0.15) is 11.8 Å². The van der Waals surface area contributed by atoms with Crippen molar-refractivity contribution in [1.29, 1.82) is 0 Å². The van der Waals surface area contributed by atoms with Gasteiger partial charge in [-0.1, -0.05) is 153 Å². The summed E-state index contributed by atoms with van der Waals surface area (Å²) in [5.41, 5.74) is 1.02. The minimum Gasteiger partial charge on any atom is -0.281 e. The lowest BCUT2D eigenvalue weighted by Crippen LogP contribution is -1.94. The van der Waals surface area contributed by atoms with Gasteiger partial charge in [0.25, 0.3) is 0 Å². The van der Waals surface area contributed by atoms with E-state index in [1.165, 1.54) is 140 Å². The van der Waals surface area contributed by atoms with Gasteiger partial charge in [0.05, 0.1) is 0 Å². The Labute approximate surface area is 298 Å². The Morgan fingerprint density at radius 1 is 0.444 bits per heavy atom. The molecule has 0 aliphatic heterocycles. The molecule has 0 saturated heterocycles. The maximum Gasteiger partial charge on any atom is 0.230 e. The molecule has 0 atom stereocenters. The van der Waals surface area contributed by atoms with Gasteiger partial charge < -0.3 is 0 Å². The smallest absolute Gasteiger partial charge is 0.230 e. The molecule has 0 saturated carbocycles. The van der Waals surface area contributed by atoms with Crippen LogP contribution in [0.15, 0.2) is 48.5 Å². The molecule has 0 aromatic heterocycles. The second-order valence-corrected chi connectivity index (χ2v) is 15.9. The molecule has 2 aromatic carbocycles. The quantitative estimate of drug-likeness (QED) is 0.0799. The van der Waals surface area contributed by atoms with Gasteiger partial charge in [-0.05, 0) is 94.5 Å². The molecule has 254 valence electrons. The molecule has 2 aromatic rings. The van der Waals surface area contributed by atoms with Crippen molar-refractivity contribution in [2.24, 2.45) is 0 Å². The molecule has 7 heteroatoms. The van der Waals surface area contributed by atoms with Crippen LogP contribution in [0, 0.1) is 0 Å². The van der Waals surface area contributed by atoms with E-state index in [2.05, 4.69) is 25.6 Å². The summed E-state index contributed by atoms with van der Waals surface area (Å²) in [5.74, 6) is 2.82. The molecule has 2 rings (SSSR count). The summed E-state index contributed by atoms with van der Waals surface area (Å²) in [4.78, 5) is 23.7. The average molecular weight is 714 g/mol. The second kappa shape index (κ2) is 30.7. The van der Waals surface area contributed by atoms with Crippen molar-refractivity contribution in [3.8, 4) is 0 Å². The first-order valence-corrected chi connectivity index (χ1v) is 21.6. The first-order valence-electron chi connectivity index (χ1n) is 17.5. The molecule has 0 amide bonds. The lowest BCUT2D eigenvalue weighted by molar-refractivity contribution is 0.107. The molecule has 0 aliphatic rings. The number of carbonyl (C=O) groups excluding carboxylic acids is 2. The number of halogens is 2. The predicted molar refractivity (Wildman–Crippen MR) is 208 cm³/mol. The fourth-order valence-corrected chi connectivity index (χ4v) is 7.75. The molecule has 45 heavy (non-hydrogen) atoms. The summed E-state index contributed by atoms with van der Waals surface area (Å²) in [6.07, 6.45) is 29.2. The van der Waals surface area contributed by atoms with E-state index in [1.54, 1.807) is 48.5 Å². The van der Waals surface area contributed by atoms with Gasteiger partial charge in [-0.25, -0.2) is 0 Å². The van der Waals surface area contributed by atoms with Crippen LogP contribution in [-0.4, -0.2) is 21.7 Å². The maximum atomic E-state index is 11.9. The van der Waals surface area contributed by atoms with E-state index in [4.69, 9.17) is 23.2 Å². The zero-order valence-electron chi connectivity index (χ0n) is 28.0. The van der Waals surface area contributed by atoms with E-state index in [0.717, 1.165) is 21.6 Å². The molecule has 0 N–H and O–H groups in total. The number of unbranched alkanes of at least 4 members (excludes halogenated alkanes) is 18. The number of benzene rings is 2. The molecule has 0 fully saturated rings. The Kier molecular flexibility index (Phi) is 29.0. The van der Waals surface area contributed by atoms with Gasteiger partial charge in [-0.15, -0.1) is 0 Å². The van der Waals surface area contributed by atoms with Gasteiger partial charge in [0.15, 0.2) is 0 Å². The lowest BCUT2D eigenvalue weighted by Gasteiger charge is -2.04. The largest absolute Gasteiger partial charge is 0.281 e. The molecule has 2 nitrogen and oxygen atoms in total. The summed E-state index contributed by atoms with van der Waals surface area (Å²) >= 11 is 13.7. The average Bonchev–Trinajstić information content (AvgIpc) is 3.05. The zero-order valence-corrected chi connectivity index (χ0v) is 31.9. The molecule has 0 radical (unpaired) electrons. The number of carbonyl (C=O) groups is 2. The van der Waals surface area contributed by atoms with Gasteiger partial charge in [0.1, 0.15) is 0 Å². The summed E-state index contributed by atoms with van der Waals surface area (Å²) in [7, 11) is 1.79. The zero-order chi connectivity index (χ0) is 32.8. The Hall–Kier alpha value is -0.590. The van der Waals surface area contributed by atoms with Crippen LogP contribution in [0.25, 0.3) is 0 Å². The van der Waals surface area contributed by atoms with E-state index >= 15 is 0 Å². The van der Waals surface area contributed by atoms with E-state index in [-0.39, 0.29) is 10.2 Å². The van der Waals surface area contributed by atoms with Crippen LogP contribution in [-0.2, 0) is 0 Å². The molecule has 0 aliphatic carbocycles. The molecule has 0 bridgehead atoms. The monoisotopic (exact) mass is 712 g/mol. The molecule has 0 spiro atoms. The van der Waals surface area contributed by atoms with Crippen LogP contribution < -0.4 is 0 Å². The molecular formula is C38H58Cl2O2S3. The number of hydrogen-bond acceptors (Lipinski definition) is 5. The first kappa shape index (κ1) is 42.4. The highest BCUT2D eigenvalue weighted by Crippen LogP contribution is 2.30. The summed E-state index contributed by atoms with van der Waals surface area (Å²) in [6.45, 7) is 4.60. The third-order valence-electron chi connectivity index (χ3n) is 7.64. The van der Waals surface area contributed by atoms with Gasteiger partial charge >= 0.3 is 0 Å².